The van der Waals surface area contributed by atoms with Crippen molar-refractivity contribution in [2.75, 3.05) is 19.7 Å². The topological polar surface area (TPSA) is 38.8 Å². The summed E-state index contributed by atoms with van der Waals surface area (Å²) >= 11 is 0. The van der Waals surface area contributed by atoms with Gasteiger partial charge in [-0.2, -0.15) is 0 Å². The van der Waals surface area contributed by atoms with Crippen LogP contribution in [0, 0.1) is 5.92 Å². The van der Waals surface area contributed by atoms with Gasteiger partial charge in [0.15, 0.2) is 17.6 Å². The number of hydrogen-bond donors (Lipinski definition) is 0. The number of nitrogens with zero attached hydrogens (tertiary/aromatic N) is 1. The molecule has 1 atom stereocenters. The van der Waals surface area contributed by atoms with Crippen molar-refractivity contribution in [2.24, 2.45) is 5.92 Å². The van der Waals surface area contributed by atoms with Crippen LogP contribution in [0.3, 0.4) is 0 Å². The second-order valence-corrected chi connectivity index (χ2v) is 6.21. The summed E-state index contributed by atoms with van der Waals surface area (Å²) in [7, 11) is 0. The van der Waals surface area contributed by atoms with E-state index >= 15 is 0 Å². The Labute approximate surface area is 132 Å². The summed E-state index contributed by atoms with van der Waals surface area (Å²) in [4.78, 5) is 14.6. The van der Waals surface area contributed by atoms with Gasteiger partial charge >= 0.3 is 0 Å². The molecule has 0 saturated heterocycles. The molecule has 1 fully saturated rings. The van der Waals surface area contributed by atoms with Crippen molar-refractivity contribution in [3.8, 4) is 11.5 Å². The first-order chi connectivity index (χ1) is 10.8. The first kappa shape index (κ1) is 15.2. The van der Waals surface area contributed by atoms with E-state index in [-0.39, 0.29) is 12.0 Å². The zero-order chi connectivity index (χ0) is 15.4. The molecule has 1 aliphatic carbocycles. The van der Waals surface area contributed by atoms with Crippen molar-refractivity contribution in [1.29, 1.82) is 0 Å². The fourth-order valence-corrected chi connectivity index (χ4v) is 3.38. The molecule has 1 aromatic carbocycles. The normalized spacial score (nSPS) is 21.4. The van der Waals surface area contributed by atoms with Crippen molar-refractivity contribution < 1.29 is 14.3 Å². The molecule has 0 spiro atoms. The molecule has 22 heavy (non-hydrogen) atoms. The Kier molecular flexibility index (Phi) is 4.86. The molecule has 1 heterocycles. The summed E-state index contributed by atoms with van der Waals surface area (Å²) in [6.45, 7) is 3.89. The summed E-state index contributed by atoms with van der Waals surface area (Å²) in [5, 5.41) is 0. The second-order valence-electron chi connectivity index (χ2n) is 6.21. The molecule has 3 rings (SSSR count). The van der Waals surface area contributed by atoms with Gasteiger partial charge in [0, 0.05) is 12.5 Å². The van der Waals surface area contributed by atoms with Gasteiger partial charge in [0.1, 0.15) is 6.61 Å². The van der Waals surface area contributed by atoms with Crippen LogP contribution in [0.1, 0.15) is 39.0 Å². The van der Waals surface area contributed by atoms with Gasteiger partial charge in [-0.3, -0.25) is 4.79 Å². The summed E-state index contributed by atoms with van der Waals surface area (Å²) in [6.07, 6.45) is 5.64. The molecule has 0 aromatic heterocycles. The van der Waals surface area contributed by atoms with Gasteiger partial charge in [0.05, 0.1) is 6.54 Å². The molecule has 1 aliphatic heterocycles. The van der Waals surface area contributed by atoms with E-state index in [1.54, 1.807) is 0 Å². The van der Waals surface area contributed by atoms with Crippen molar-refractivity contribution in [2.45, 2.75) is 45.1 Å². The predicted molar refractivity (Wildman–Crippen MR) is 85.2 cm³/mol. The van der Waals surface area contributed by atoms with E-state index < -0.39 is 0 Å². The number of hydrogen-bond acceptors (Lipinski definition) is 3. The molecule has 1 unspecified atom stereocenters. The Morgan fingerprint density at radius 2 is 1.91 bits per heavy atom. The van der Waals surface area contributed by atoms with E-state index in [9.17, 15) is 4.79 Å². The number of benzene rings is 1. The van der Waals surface area contributed by atoms with Crippen LogP contribution in [0.2, 0.25) is 0 Å². The maximum absolute atomic E-state index is 12.7. The average molecular weight is 303 g/mol. The minimum absolute atomic E-state index is 0.0811. The zero-order valence-corrected chi connectivity index (χ0v) is 13.3. The van der Waals surface area contributed by atoms with E-state index in [1.807, 2.05) is 36.1 Å². The molecule has 2 aliphatic rings. The summed E-state index contributed by atoms with van der Waals surface area (Å²) in [5.74, 6) is 2.08. The Hall–Kier alpha value is -1.71. The zero-order valence-electron chi connectivity index (χ0n) is 13.3. The maximum Gasteiger partial charge on any atom is 0.225 e. The summed E-state index contributed by atoms with van der Waals surface area (Å²) in [5.41, 5.74) is 0. The van der Waals surface area contributed by atoms with Crippen LogP contribution in [-0.2, 0) is 4.79 Å². The number of carbonyl (C=O) groups is 1. The van der Waals surface area contributed by atoms with Gasteiger partial charge in [-0.1, -0.05) is 31.4 Å². The molecule has 0 radical (unpaired) electrons. The standard InChI is InChI=1S/C18H25NO3/c1-2-19(18(20)14-8-4-3-5-9-14)12-15-13-21-16-10-6-7-11-17(16)22-15/h6-7,10-11,14-15H,2-5,8-9,12-13H2,1H3. The first-order valence-electron chi connectivity index (χ1n) is 8.45. The minimum Gasteiger partial charge on any atom is -0.486 e. The number of carbonyl (C=O) groups excluding carboxylic acids is 1. The lowest BCUT2D eigenvalue weighted by Crippen LogP contribution is -2.45. The smallest absolute Gasteiger partial charge is 0.225 e. The van der Waals surface area contributed by atoms with Crippen molar-refractivity contribution in [3.05, 3.63) is 24.3 Å². The highest BCUT2D eigenvalue weighted by atomic mass is 16.6. The third kappa shape index (κ3) is 3.37. The predicted octanol–water partition coefficient (Wildman–Crippen LogP) is 3.26. The van der Waals surface area contributed by atoms with Crippen LogP contribution < -0.4 is 9.47 Å². The number of para-hydroxylation sites is 2. The Morgan fingerprint density at radius 3 is 2.64 bits per heavy atom. The lowest BCUT2D eigenvalue weighted by molar-refractivity contribution is -0.137. The summed E-state index contributed by atoms with van der Waals surface area (Å²) in [6, 6.07) is 7.71. The third-order valence-corrected chi connectivity index (χ3v) is 4.64. The van der Waals surface area contributed by atoms with Gasteiger partial charge < -0.3 is 14.4 Å². The number of likely N-dealkylation sites (N-methyl/N-ethyl adjacent to an activating group) is 1. The van der Waals surface area contributed by atoms with Crippen molar-refractivity contribution >= 4 is 5.91 Å². The molecule has 1 saturated carbocycles. The van der Waals surface area contributed by atoms with E-state index in [1.165, 1.54) is 19.3 Å². The van der Waals surface area contributed by atoms with Crippen LogP contribution in [0.15, 0.2) is 24.3 Å². The molecule has 1 aromatic rings. The molecule has 0 bridgehead atoms. The highest BCUT2D eigenvalue weighted by Gasteiger charge is 2.29. The van der Waals surface area contributed by atoms with Crippen LogP contribution >= 0.6 is 0 Å². The van der Waals surface area contributed by atoms with Crippen LogP contribution in [0.5, 0.6) is 11.5 Å². The van der Waals surface area contributed by atoms with E-state index in [0.717, 1.165) is 30.9 Å². The fourth-order valence-electron chi connectivity index (χ4n) is 3.38. The number of fused-ring (bicyclic) bond motifs is 1. The van der Waals surface area contributed by atoms with Crippen molar-refractivity contribution in [1.82, 2.24) is 4.90 Å². The van der Waals surface area contributed by atoms with Gasteiger partial charge in [-0.25, -0.2) is 0 Å². The Morgan fingerprint density at radius 1 is 1.18 bits per heavy atom. The van der Waals surface area contributed by atoms with E-state index in [0.29, 0.717) is 19.1 Å². The molecule has 1 amide bonds. The van der Waals surface area contributed by atoms with E-state index in [2.05, 4.69) is 0 Å². The molecule has 0 N–H and O–H groups in total. The highest BCUT2D eigenvalue weighted by molar-refractivity contribution is 5.79. The fraction of sp³-hybridized carbons (Fsp3) is 0.611. The Balaban J connectivity index is 1.60. The van der Waals surface area contributed by atoms with Crippen molar-refractivity contribution in [3.63, 3.8) is 0 Å². The third-order valence-electron chi connectivity index (χ3n) is 4.64. The SMILES string of the molecule is CCN(CC1COc2ccccc2O1)C(=O)C1CCCCC1. The Bertz CT molecular complexity index is 511. The molecule has 120 valence electrons. The van der Waals surface area contributed by atoms with Crippen LogP contribution in [-0.4, -0.2) is 36.6 Å². The molecular weight excluding hydrogens is 278 g/mol. The molecule has 4 nitrogen and oxygen atoms in total. The van der Waals surface area contributed by atoms with E-state index in [4.69, 9.17) is 9.47 Å². The highest BCUT2D eigenvalue weighted by Crippen LogP contribution is 2.31. The monoisotopic (exact) mass is 303 g/mol. The lowest BCUT2D eigenvalue weighted by Gasteiger charge is -2.33. The minimum atomic E-state index is -0.0811. The second kappa shape index (κ2) is 7.03. The number of ether oxygens (including phenoxy) is 2. The largest absolute Gasteiger partial charge is 0.486 e. The quantitative estimate of drug-likeness (QED) is 0.857. The lowest BCUT2D eigenvalue weighted by atomic mass is 9.88. The molecular formula is C18H25NO3. The van der Waals surface area contributed by atoms with Gasteiger partial charge in [-0.15, -0.1) is 0 Å². The van der Waals surface area contributed by atoms with Crippen LogP contribution in [0.25, 0.3) is 0 Å². The van der Waals surface area contributed by atoms with Gasteiger partial charge in [-0.05, 0) is 31.9 Å². The van der Waals surface area contributed by atoms with Gasteiger partial charge in [0.2, 0.25) is 5.91 Å². The molecule has 4 heteroatoms. The van der Waals surface area contributed by atoms with Crippen LogP contribution in [0.4, 0.5) is 0 Å². The summed E-state index contributed by atoms with van der Waals surface area (Å²) < 4.78 is 11.7. The number of rotatable bonds is 4. The first-order valence-corrected chi connectivity index (χ1v) is 8.45. The van der Waals surface area contributed by atoms with Gasteiger partial charge in [0.25, 0.3) is 0 Å². The average Bonchev–Trinajstić information content (AvgIpc) is 2.59. The number of amides is 1. The maximum atomic E-state index is 12.7.